The summed E-state index contributed by atoms with van der Waals surface area (Å²) in [5.41, 5.74) is -0.672. The predicted octanol–water partition coefficient (Wildman–Crippen LogP) is 2.51. The van der Waals surface area contributed by atoms with Crippen LogP contribution in [0.15, 0.2) is 53.2 Å². The van der Waals surface area contributed by atoms with E-state index < -0.39 is 11.5 Å². The Hall–Kier alpha value is -2.66. The minimum Gasteiger partial charge on any atom is -0.465 e. The Bertz CT molecular complexity index is 763. The zero-order valence-corrected chi connectivity index (χ0v) is 12.7. The van der Waals surface area contributed by atoms with Gasteiger partial charge in [0.15, 0.2) is 11.4 Å². The summed E-state index contributed by atoms with van der Waals surface area (Å²) in [6, 6.07) is 10.4. The molecule has 1 aliphatic heterocycles. The number of likely N-dealkylation sites (N-methyl/N-ethyl adjacent to an activating group) is 1. The van der Waals surface area contributed by atoms with E-state index in [1.54, 1.807) is 36.4 Å². The number of fused-ring (bicyclic) bond motifs is 1. The second-order valence-electron chi connectivity index (χ2n) is 5.42. The van der Waals surface area contributed by atoms with Crippen LogP contribution in [-0.4, -0.2) is 23.3 Å². The number of ketones is 1. The fourth-order valence-electron chi connectivity index (χ4n) is 2.86. The normalized spacial score (nSPS) is 20.3. The van der Waals surface area contributed by atoms with Crippen LogP contribution < -0.4 is 4.90 Å². The van der Waals surface area contributed by atoms with Crippen molar-refractivity contribution < 1.29 is 19.1 Å². The monoisotopic (exact) mass is 311 g/mol. The standard InChI is InChI=1S/C18H17NO4/c1-2-19-16-8-4-3-7-15(16)18(22,17(19)21)12-13(20)9-10-14-6-5-11-23-14/h3-11,22H,2,12H2,1H3. The summed E-state index contributed by atoms with van der Waals surface area (Å²) in [5.74, 6) is -0.260. The average Bonchev–Trinajstić information content (AvgIpc) is 3.13. The van der Waals surface area contributed by atoms with Crippen molar-refractivity contribution in [3.8, 4) is 0 Å². The minimum absolute atomic E-state index is 0.295. The summed E-state index contributed by atoms with van der Waals surface area (Å²) in [6.07, 6.45) is 4.06. The first-order chi connectivity index (χ1) is 11.1. The summed E-state index contributed by atoms with van der Waals surface area (Å²) in [7, 11) is 0. The van der Waals surface area contributed by atoms with E-state index >= 15 is 0 Å². The SMILES string of the molecule is CCN1C(=O)C(O)(CC(=O)C=Cc2ccco2)c2ccccc21. The Labute approximate surface area is 133 Å². The van der Waals surface area contributed by atoms with Crippen LogP contribution in [0.5, 0.6) is 0 Å². The highest BCUT2D eigenvalue weighted by Crippen LogP contribution is 2.42. The average molecular weight is 311 g/mol. The van der Waals surface area contributed by atoms with Crippen LogP contribution in [0.25, 0.3) is 6.08 Å². The molecule has 1 aliphatic rings. The van der Waals surface area contributed by atoms with E-state index in [-0.39, 0.29) is 12.2 Å². The molecule has 2 aromatic rings. The fraction of sp³-hybridized carbons (Fsp3) is 0.222. The largest absolute Gasteiger partial charge is 0.465 e. The van der Waals surface area contributed by atoms with Gasteiger partial charge in [-0.1, -0.05) is 18.2 Å². The number of nitrogens with zero attached hydrogens (tertiary/aromatic N) is 1. The molecular formula is C18H17NO4. The third-order valence-corrected chi connectivity index (χ3v) is 3.96. The Morgan fingerprint density at radius 3 is 2.78 bits per heavy atom. The number of aliphatic hydroxyl groups is 1. The first kappa shape index (κ1) is 15.2. The zero-order chi connectivity index (χ0) is 16.4. The number of anilines is 1. The summed E-state index contributed by atoms with van der Waals surface area (Å²) in [5, 5.41) is 10.9. The van der Waals surface area contributed by atoms with Gasteiger partial charge in [-0.05, 0) is 37.3 Å². The van der Waals surface area contributed by atoms with Crippen LogP contribution in [0.1, 0.15) is 24.7 Å². The molecule has 0 spiro atoms. The molecule has 0 fully saturated rings. The molecule has 118 valence electrons. The summed E-state index contributed by atoms with van der Waals surface area (Å²) < 4.78 is 5.11. The molecule has 0 saturated carbocycles. The molecule has 2 heterocycles. The number of rotatable bonds is 5. The van der Waals surface area contributed by atoms with Gasteiger partial charge < -0.3 is 14.4 Å². The maximum Gasteiger partial charge on any atom is 0.264 e. The number of carbonyl (C=O) groups is 2. The van der Waals surface area contributed by atoms with Gasteiger partial charge in [-0.15, -0.1) is 0 Å². The molecule has 23 heavy (non-hydrogen) atoms. The number of carbonyl (C=O) groups excluding carboxylic acids is 2. The van der Waals surface area contributed by atoms with Gasteiger partial charge in [-0.3, -0.25) is 9.59 Å². The maximum absolute atomic E-state index is 12.6. The van der Waals surface area contributed by atoms with E-state index in [2.05, 4.69) is 0 Å². The van der Waals surface area contributed by atoms with Gasteiger partial charge in [0.1, 0.15) is 5.76 Å². The molecule has 1 atom stereocenters. The lowest BCUT2D eigenvalue weighted by Crippen LogP contribution is -2.41. The number of para-hydroxylation sites is 1. The number of hydrogen-bond donors (Lipinski definition) is 1. The lowest BCUT2D eigenvalue weighted by atomic mass is 9.90. The van der Waals surface area contributed by atoms with Crippen LogP contribution in [0.3, 0.4) is 0 Å². The van der Waals surface area contributed by atoms with Crippen molar-refractivity contribution in [3.63, 3.8) is 0 Å². The van der Waals surface area contributed by atoms with E-state index in [0.29, 0.717) is 23.6 Å². The predicted molar refractivity (Wildman–Crippen MR) is 85.7 cm³/mol. The van der Waals surface area contributed by atoms with Crippen molar-refractivity contribution in [1.82, 2.24) is 0 Å². The summed E-state index contributed by atoms with van der Waals surface area (Å²) >= 11 is 0. The van der Waals surface area contributed by atoms with Crippen molar-refractivity contribution in [1.29, 1.82) is 0 Å². The van der Waals surface area contributed by atoms with Crippen molar-refractivity contribution in [2.75, 3.05) is 11.4 Å². The fourth-order valence-corrected chi connectivity index (χ4v) is 2.86. The first-order valence-electron chi connectivity index (χ1n) is 7.44. The summed E-state index contributed by atoms with van der Waals surface area (Å²) in [6.45, 7) is 2.27. The van der Waals surface area contributed by atoms with Crippen LogP contribution in [0.2, 0.25) is 0 Å². The molecule has 1 amide bonds. The molecule has 0 aliphatic carbocycles. The van der Waals surface area contributed by atoms with Gasteiger partial charge in [-0.2, -0.15) is 0 Å². The molecule has 1 unspecified atom stereocenters. The minimum atomic E-state index is -1.81. The smallest absolute Gasteiger partial charge is 0.264 e. The van der Waals surface area contributed by atoms with Crippen LogP contribution in [0.4, 0.5) is 5.69 Å². The molecular weight excluding hydrogens is 294 g/mol. The highest BCUT2D eigenvalue weighted by Gasteiger charge is 2.49. The third-order valence-electron chi connectivity index (χ3n) is 3.96. The van der Waals surface area contributed by atoms with Gasteiger partial charge in [0.2, 0.25) is 0 Å². The molecule has 1 N–H and O–H groups in total. The Kier molecular flexibility index (Phi) is 3.88. The van der Waals surface area contributed by atoms with Gasteiger partial charge in [0.05, 0.1) is 18.4 Å². The van der Waals surface area contributed by atoms with Crippen LogP contribution in [0, 0.1) is 0 Å². The van der Waals surface area contributed by atoms with E-state index in [1.807, 2.05) is 6.92 Å². The van der Waals surface area contributed by atoms with Gasteiger partial charge in [0.25, 0.3) is 5.91 Å². The second kappa shape index (κ2) is 5.85. The molecule has 5 nitrogen and oxygen atoms in total. The highest BCUT2D eigenvalue weighted by atomic mass is 16.3. The number of benzene rings is 1. The molecule has 3 rings (SSSR count). The zero-order valence-electron chi connectivity index (χ0n) is 12.7. The Morgan fingerprint density at radius 2 is 2.09 bits per heavy atom. The molecule has 1 aromatic carbocycles. The van der Waals surface area contributed by atoms with Gasteiger partial charge in [-0.25, -0.2) is 0 Å². The van der Waals surface area contributed by atoms with E-state index in [1.165, 1.54) is 23.3 Å². The molecule has 0 radical (unpaired) electrons. The molecule has 1 aromatic heterocycles. The highest BCUT2D eigenvalue weighted by molar-refractivity contribution is 6.10. The van der Waals surface area contributed by atoms with Crippen molar-refractivity contribution in [2.24, 2.45) is 0 Å². The number of allylic oxidation sites excluding steroid dienone is 1. The van der Waals surface area contributed by atoms with E-state index in [4.69, 9.17) is 4.42 Å². The van der Waals surface area contributed by atoms with Crippen LogP contribution >= 0.6 is 0 Å². The van der Waals surface area contributed by atoms with Gasteiger partial charge >= 0.3 is 0 Å². The van der Waals surface area contributed by atoms with Crippen molar-refractivity contribution in [2.45, 2.75) is 18.9 Å². The van der Waals surface area contributed by atoms with E-state index in [9.17, 15) is 14.7 Å². The second-order valence-corrected chi connectivity index (χ2v) is 5.42. The third kappa shape index (κ3) is 2.59. The number of amides is 1. The molecule has 0 saturated heterocycles. The first-order valence-corrected chi connectivity index (χ1v) is 7.44. The summed E-state index contributed by atoms with van der Waals surface area (Å²) in [4.78, 5) is 26.3. The lowest BCUT2D eigenvalue weighted by Gasteiger charge is -2.21. The van der Waals surface area contributed by atoms with Crippen molar-refractivity contribution >= 4 is 23.5 Å². The molecule has 5 heteroatoms. The molecule has 0 bridgehead atoms. The lowest BCUT2D eigenvalue weighted by molar-refractivity contribution is -0.140. The Morgan fingerprint density at radius 1 is 1.30 bits per heavy atom. The maximum atomic E-state index is 12.6. The van der Waals surface area contributed by atoms with Gasteiger partial charge in [0, 0.05) is 12.1 Å². The number of furan rings is 1. The van der Waals surface area contributed by atoms with Crippen LogP contribution in [-0.2, 0) is 15.2 Å². The van der Waals surface area contributed by atoms with Crippen molar-refractivity contribution in [3.05, 3.63) is 60.1 Å². The quantitative estimate of drug-likeness (QED) is 0.861. The Balaban J connectivity index is 1.86. The van der Waals surface area contributed by atoms with E-state index in [0.717, 1.165) is 0 Å². The number of hydrogen-bond acceptors (Lipinski definition) is 4. The topological polar surface area (TPSA) is 70.8 Å².